The van der Waals surface area contributed by atoms with Crippen molar-refractivity contribution >= 4 is 0 Å². The first-order chi connectivity index (χ1) is 4.51. The van der Waals surface area contributed by atoms with Gasteiger partial charge in [-0.25, -0.2) is 13.2 Å². The van der Waals surface area contributed by atoms with E-state index in [9.17, 15) is 13.2 Å². The van der Waals surface area contributed by atoms with Crippen molar-refractivity contribution in [1.82, 2.24) is 0 Å². The predicted molar refractivity (Wildman–Crippen MR) is 29.5 cm³/mol. The average Bonchev–Trinajstić information content (AvgIpc) is 1.79. The maximum Gasteiger partial charge on any atom is 0.273 e. The summed E-state index contributed by atoms with van der Waals surface area (Å²) in [4.78, 5) is 0. The van der Waals surface area contributed by atoms with Crippen LogP contribution in [0.25, 0.3) is 0 Å². The number of halogens is 3. The molecule has 0 aromatic heterocycles. The number of aliphatic hydroxyl groups is 1. The van der Waals surface area contributed by atoms with E-state index >= 15 is 0 Å². The molecule has 10 heavy (non-hydrogen) atoms. The van der Waals surface area contributed by atoms with Gasteiger partial charge in [0.1, 0.15) is 11.6 Å². The molecule has 4 heteroatoms. The molecule has 0 heterocycles. The van der Waals surface area contributed by atoms with E-state index in [0.29, 0.717) is 12.2 Å². The Bertz CT molecular complexity index is 205. The quantitative estimate of drug-likeness (QED) is 0.561. The van der Waals surface area contributed by atoms with Crippen molar-refractivity contribution in [3.8, 4) is 0 Å². The number of hydrogen-bond donors (Lipinski definition) is 1. The molecule has 56 valence electrons. The number of rotatable bonds is 0. The zero-order valence-corrected chi connectivity index (χ0v) is 4.94. The number of hydrogen-bond acceptors (Lipinski definition) is 1. The molecule has 0 spiro atoms. The molecule has 1 aliphatic carbocycles. The van der Waals surface area contributed by atoms with E-state index in [2.05, 4.69) is 0 Å². The van der Waals surface area contributed by atoms with Gasteiger partial charge in [0.25, 0.3) is 5.92 Å². The summed E-state index contributed by atoms with van der Waals surface area (Å²) in [5, 5.41) is 8.49. The second-order valence-corrected chi connectivity index (χ2v) is 2.06. The molecule has 0 amide bonds. The molecule has 1 aliphatic rings. The third-order valence-electron chi connectivity index (χ3n) is 1.15. The largest absolute Gasteiger partial charge is 0.505 e. The molecule has 0 saturated heterocycles. The summed E-state index contributed by atoms with van der Waals surface area (Å²) in [5.41, 5.74) is 0. The molecule has 0 bridgehead atoms. The smallest absolute Gasteiger partial charge is 0.273 e. The highest BCUT2D eigenvalue weighted by molar-refractivity contribution is 5.23. The highest BCUT2D eigenvalue weighted by Gasteiger charge is 2.31. The van der Waals surface area contributed by atoms with Crippen molar-refractivity contribution in [2.45, 2.75) is 12.3 Å². The molecule has 0 aromatic carbocycles. The maximum absolute atomic E-state index is 12.2. The van der Waals surface area contributed by atoms with Crippen molar-refractivity contribution in [3.63, 3.8) is 0 Å². The highest BCUT2D eigenvalue weighted by atomic mass is 19.3. The van der Waals surface area contributed by atoms with Gasteiger partial charge in [0.05, 0.1) is 6.42 Å². The molecule has 1 rings (SSSR count). The fourth-order valence-electron chi connectivity index (χ4n) is 0.648. The van der Waals surface area contributed by atoms with Crippen LogP contribution in [-0.2, 0) is 0 Å². The molecule has 1 N–H and O–H groups in total. The molecule has 0 aromatic rings. The van der Waals surface area contributed by atoms with Crippen molar-refractivity contribution in [2.75, 3.05) is 0 Å². The molecule has 0 aliphatic heterocycles. The van der Waals surface area contributed by atoms with E-state index < -0.39 is 23.9 Å². The zero-order chi connectivity index (χ0) is 7.78. The fourth-order valence-corrected chi connectivity index (χ4v) is 0.648. The molecule has 0 radical (unpaired) electrons. The summed E-state index contributed by atoms with van der Waals surface area (Å²) in [6.07, 6.45) is 0.111. The van der Waals surface area contributed by atoms with Crippen molar-refractivity contribution in [2.24, 2.45) is 0 Å². The minimum absolute atomic E-state index is 0.478. The standard InChI is InChI=1S/C6H5F3O/c7-4-3-6(8,9)2-1-5(4)10/h1-2,10H,3H2. The lowest BCUT2D eigenvalue weighted by Crippen LogP contribution is -2.15. The van der Waals surface area contributed by atoms with Crippen LogP contribution in [0.2, 0.25) is 0 Å². The van der Waals surface area contributed by atoms with Gasteiger partial charge in [-0.2, -0.15) is 0 Å². The summed E-state index contributed by atoms with van der Waals surface area (Å²) in [5.74, 6) is -5.01. The second kappa shape index (κ2) is 2.04. The van der Waals surface area contributed by atoms with Crippen LogP contribution in [0.1, 0.15) is 6.42 Å². The van der Waals surface area contributed by atoms with E-state index in [1.807, 2.05) is 0 Å². The minimum Gasteiger partial charge on any atom is -0.505 e. The van der Waals surface area contributed by atoms with Gasteiger partial charge in [0.15, 0.2) is 0 Å². The number of aliphatic hydroxyl groups excluding tert-OH is 1. The molecule has 0 saturated carbocycles. The van der Waals surface area contributed by atoms with Crippen LogP contribution in [0.3, 0.4) is 0 Å². The molecule has 1 nitrogen and oxygen atoms in total. The van der Waals surface area contributed by atoms with Gasteiger partial charge in [-0.15, -0.1) is 0 Å². The summed E-state index contributed by atoms with van der Waals surface area (Å²) < 4.78 is 36.5. The third-order valence-corrected chi connectivity index (χ3v) is 1.15. The first-order valence-electron chi connectivity index (χ1n) is 2.66. The second-order valence-electron chi connectivity index (χ2n) is 2.06. The average molecular weight is 150 g/mol. The van der Waals surface area contributed by atoms with E-state index in [-0.39, 0.29) is 0 Å². The lowest BCUT2D eigenvalue weighted by molar-refractivity contribution is 0.0451. The van der Waals surface area contributed by atoms with Crippen molar-refractivity contribution < 1.29 is 18.3 Å². The number of allylic oxidation sites excluding steroid dienone is 3. The Balaban J connectivity index is 2.85. The maximum atomic E-state index is 12.2. The third kappa shape index (κ3) is 1.32. The Kier molecular flexibility index (Phi) is 1.46. The van der Waals surface area contributed by atoms with Gasteiger partial charge >= 0.3 is 0 Å². The lowest BCUT2D eigenvalue weighted by atomic mass is 10.1. The molecular weight excluding hydrogens is 145 g/mol. The Morgan fingerprint density at radius 1 is 1.50 bits per heavy atom. The van der Waals surface area contributed by atoms with Gasteiger partial charge in [-0.3, -0.25) is 0 Å². The van der Waals surface area contributed by atoms with Gasteiger partial charge in [-0.1, -0.05) is 0 Å². The summed E-state index contributed by atoms with van der Waals surface area (Å²) >= 11 is 0. The Morgan fingerprint density at radius 3 is 2.50 bits per heavy atom. The van der Waals surface area contributed by atoms with Gasteiger partial charge < -0.3 is 5.11 Å². The molecular formula is C6H5F3O. The molecule has 0 fully saturated rings. The van der Waals surface area contributed by atoms with Gasteiger partial charge in [-0.05, 0) is 12.2 Å². The van der Waals surface area contributed by atoms with Gasteiger partial charge in [0, 0.05) is 0 Å². The van der Waals surface area contributed by atoms with Crippen LogP contribution in [0.15, 0.2) is 23.7 Å². The highest BCUT2D eigenvalue weighted by Crippen LogP contribution is 2.30. The Labute approximate surface area is 55.5 Å². The first-order valence-corrected chi connectivity index (χ1v) is 2.66. The van der Waals surface area contributed by atoms with Crippen LogP contribution in [0, 0.1) is 0 Å². The SMILES string of the molecule is OC1=C(F)CC(F)(F)C=C1. The van der Waals surface area contributed by atoms with E-state index in [1.54, 1.807) is 0 Å². The summed E-state index contributed by atoms with van der Waals surface area (Å²) in [7, 11) is 0. The molecule has 0 unspecified atom stereocenters. The monoisotopic (exact) mass is 150 g/mol. The van der Waals surface area contributed by atoms with E-state index in [0.717, 1.165) is 0 Å². The van der Waals surface area contributed by atoms with Crippen LogP contribution in [-0.4, -0.2) is 11.0 Å². The number of alkyl halides is 2. The fraction of sp³-hybridized carbons (Fsp3) is 0.333. The zero-order valence-electron chi connectivity index (χ0n) is 4.94. The first kappa shape index (κ1) is 7.18. The Hall–Kier alpha value is -0.930. The van der Waals surface area contributed by atoms with Crippen LogP contribution in [0.5, 0.6) is 0 Å². The molecule has 0 atom stereocenters. The van der Waals surface area contributed by atoms with E-state index in [1.165, 1.54) is 0 Å². The van der Waals surface area contributed by atoms with Crippen molar-refractivity contribution in [1.29, 1.82) is 0 Å². The topological polar surface area (TPSA) is 20.2 Å². The van der Waals surface area contributed by atoms with Crippen LogP contribution in [0.4, 0.5) is 13.2 Å². The lowest BCUT2D eigenvalue weighted by Gasteiger charge is -2.13. The van der Waals surface area contributed by atoms with E-state index in [4.69, 9.17) is 5.11 Å². The Morgan fingerprint density at radius 2 is 2.10 bits per heavy atom. The minimum atomic E-state index is -3.14. The van der Waals surface area contributed by atoms with Crippen molar-refractivity contribution in [3.05, 3.63) is 23.7 Å². The summed E-state index contributed by atoms with van der Waals surface area (Å²) in [6.45, 7) is 0. The summed E-state index contributed by atoms with van der Waals surface area (Å²) in [6, 6.07) is 0. The van der Waals surface area contributed by atoms with Gasteiger partial charge in [0.2, 0.25) is 0 Å². The predicted octanol–water partition coefficient (Wildman–Crippen LogP) is 2.32. The van der Waals surface area contributed by atoms with Crippen LogP contribution >= 0.6 is 0 Å². The normalized spacial score (nSPS) is 23.5. The van der Waals surface area contributed by atoms with Crippen LogP contribution < -0.4 is 0 Å².